The van der Waals surface area contributed by atoms with Gasteiger partial charge < -0.3 is 0 Å². The summed E-state index contributed by atoms with van der Waals surface area (Å²) in [6.07, 6.45) is 3.81. The predicted octanol–water partition coefficient (Wildman–Crippen LogP) is 5.27. The Labute approximate surface area is 137 Å². The SMILES string of the molecule is Cc1cc(Br)ccc1C(Cl)c1cnn(-c2ccccc2)c1. The van der Waals surface area contributed by atoms with Crippen molar-refractivity contribution in [1.29, 1.82) is 0 Å². The first-order valence-electron chi connectivity index (χ1n) is 6.65. The minimum Gasteiger partial charge on any atom is -0.241 e. The molecule has 1 heterocycles. The first-order valence-corrected chi connectivity index (χ1v) is 7.88. The van der Waals surface area contributed by atoms with Crippen molar-refractivity contribution >= 4 is 27.5 Å². The molecule has 0 fully saturated rings. The second-order valence-electron chi connectivity index (χ2n) is 4.92. The lowest BCUT2D eigenvalue weighted by molar-refractivity contribution is 0.880. The number of aryl methyl sites for hydroxylation is 1. The molecule has 0 radical (unpaired) electrons. The quantitative estimate of drug-likeness (QED) is 0.581. The van der Waals surface area contributed by atoms with E-state index in [0.717, 1.165) is 26.9 Å². The zero-order chi connectivity index (χ0) is 14.8. The van der Waals surface area contributed by atoms with Crippen LogP contribution < -0.4 is 0 Å². The van der Waals surface area contributed by atoms with E-state index in [1.807, 2.05) is 53.5 Å². The summed E-state index contributed by atoms with van der Waals surface area (Å²) in [5, 5.41) is 4.20. The van der Waals surface area contributed by atoms with Crippen LogP contribution in [0.25, 0.3) is 5.69 Å². The Morgan fingerprint density at radius 1 is 1.14 bits per heavy atom. The van der Waals surface area contributed by atoms with E-state index in [1.165, 1.54) is 0 Å². The smallest absolute Gasteiger partial charge is 0.0868 e. The van der Waals surface area contributed by atoms with Gasteiger partial charge in [-0.05, 0) is 42.3 Å². The maximum atomic E-state index is 6.62. The highest BCUT2D eigenvalue weighted by atomic mass is 79.9. The van der Waals surface area contributed by atoms with Crippen LogP contribution in [0.1, 0.15) is 22.1 Å². The molecule has 1 atom stereocenters. The fourth-order valence-electron chi connectivity index (χ4n) is 2.29. The molecule has 0 saturated carbocycles. The Morgan fingerprint density at radius 2 is 1.90 bits per heavy atom. The van der Waals surface area contributed by atoms with Crippen LogP contribution in [0.3, 0.4) is 0 Å². The normalized spacial score (nSPS) is 12.3. The van der Waals surface area contributed by atoms with Crippen LogP contribution in [0.15, 0.2) is 65.4 Å². The largest absolute Gasteiger partial charge is 0.241 e. The summed E-state index contributed by atoms with van der Waals surface area (Å²) in [5.41, 5.74) is 4.29. The molecular formula is C17H14BrClN2. The van der Waals surface area contributed by atoms with Gasteiger partial charge in [0.15, 0.2) is 0 Å². The van der Waals surface area contributed by atoms with Crippen molar-refractivity contribution in [2.75, 3.05) is 0 Å². The van der Waals surface area contributed by atoms with E-state index in [9.17, 15) is 0 Å². The van der Waals surface area contributed by atoms with Gasteiger partial charge in [0.1, 0.15) is 0 Å². The van der Waals surface area contributed by atoms with Crippen LogP contribution in [0.2, 0.25) is 0 Å². The Hall–Kier alpha value is -1.58. The van der Waals surface area contributed by atoms with E-state index < -0.39 is 0 Å². The Bertz CT molecular complexity index is 752. The molecule has 0 saturated heterocycles. The van der Waals surface area contributed by atoms with Crippen LogP contribution in [-0.2, 0) is 0 Å². The number of benzene rings is 2. The topological polar surface area (TPSA) is 17.8 Å². The average Bonchev–Trinajstić information content (AvgIpc) is 2.97. The molecule has 1 unspecified atom stereocenters. The molecule has 0 amide bonds. The predicted molar refractivity (Wildman–Crippen MR) is 90.1 cm³/mol. The Balaban J connectivity index is 1.92. The lowest BCUT2D eigenvalue weighted by Gasteiger charge is -2.11. The molecule has 0 aliphatic heterocycles. The molecule has 0 aliphatic rings. The summed E-state index contributed by atoms with van der Waals surface area (Å²) >= 11 is 10.1. The van der Waals surface area contributed by atoms with Crippen molar-refractivity contribution in [3.63, 3.8) is 0 Å². The van der Waals surface area contributed by atoms with Gasteiger partial charge in [0, 0.05) is 16.2 Å². The first kappa shape index (κ1) is 14.4. The average molecular weight is 362 g/mol. The maximum Gasteiger partial charge on any atom is 0.0868 e. The highest BCUT2D eigenvalue weighted by Gasteiger charge is 2.15. The van der Waals surface area contributed by atoms with E-state index in [0.29, 0.717) is 0 Å². The van der Waals surface area contributed by atoms with Gasteiger partial charge in [-0.25, -0.2) is 4.68 Å². The van der Waals surface area contributed by atoms with E-state index in [2.05, 4.69) is 40.1 Å². The zero-order valence-corrected chi connectivity index (χ0v) is 13.8. The standard InChI is InChI=1S/C17H14BrClN2/c1-12-9-14(18)7-8-16(12)17(19)13-10-20-21(11-13)15-5-3-2-4-6-15/h2-11,17H,1H3. The number of hydrogen-bond acceptors (Lipinski definition) is 1. The third kappa shape index (κ3) is 3.04. The number of hydrogen-bond donors (Lipinski definition) is 0. The van der Waals surface area contributed by atoms with Crippen LogP contribution in [0.5, 0.6) is 0 Å². The van der Waals surface area contributed by atoms with Crippen molar-refractivity contribution in [3.8, 4) is 5.69 Å². The highest BCUT2D eigenvalue weighted by Crippen LogP contribution is 2.32. The summed E-state index contributed by atoms with van der Waals surface area (Å²) in [7, 11) is 0. The third-order valence-electron chi connectivity index (χ3n) is 3.42. The molecule has 4 heteroatoms. The zero-order valence-electron chi connectivity index (χ0n) is 11.5. The van der Waals surface area contributed by atoms with Crippen LogP contribution in [0, 0.1) is 6.92 Å². The lowest BCUT2D eigenvalue weighted by Crippen LogP contribution is -1.96. The van der Waals surface area contributed by atoms with Gasteiger partial charge in [-0.3, -0.25) is 0 Å². The number of aromatic nitrogens is 2. The number of alkyl halides is 1. The molecule has 0 bridgehead atoms. The van der Waals surface area contributed by atoms with Gasteiger partial charge >= 0.3 is 0 Å². The van der Waals surface area contributed by atoms with Gasteiger partial charge in [-0.1, -0.05) is 40.2 Å². The van der Waals surface area contributed by atoms with Crippen LogP contribution >= 0.6 is 27.5 Å². The molecule has 3 aromatic rings. The van der Waals surface area contributed by atoms with Crippen molar-refractivity contribution in [1.82, 2.24) is 9.78 Å². The molecule has 2 aromatic carbocycles. The molecule has 0 N–H and O–H groups in total. The molecular weight excluding hydrogens is 348 g/mol. The summed E-state index contributed by atoms with van der Waals surface area (Å²) < 4.78 is 2.91. The van der Waals surface area contributed by atoms with Crippen molar-refractivity contribution < 1.29 is 0 Å². The van der Waals surface area contributed by atoms with Crippen LogP contribution in [-0.4, -0.2) is 9.78 Å². The van der Waals surface area contributed by atoms with Gasteiger partial charge in [-0.15, -0.1) is 11.6 Å². The van der Waals surface area contributed by atoms with E-state index in [1.54, 1.807) is 0 Å². The number of rotatable bonds is 3. The van der Waals surface area contributed by atoms with Crippen molar-refractivity contribution in [3.05, 3.63) is 82.1 Å². The summed E-state index contributed by atoms with van der Waals surface area (Å²) in [6, 6.07) is 16.2. The van der Waals surface area contributed by atoms with Crippen LogP contribution in [0.4, 0.5) is 0 Å². The molecule has 2 nitrogen and oxygen atoms in total. The lowest BCUT2D eigenvalue weighted by atomic mass is 10.0. The maximum absolute atomic E-state index is 6.62. The first-order chi connectivity index (χ1) is 10.1. The molecule has 1 aromatic heterocycles. The minimum absolute atomic E-state index is 0.199. The summed E-state index contributed by atoms with van der Waals surface area (Å²) in [6.45, 7) is 2.07. The molecule has 3 rings (SSSR count). The molecule has 0 aliphatic carbocycles. The fraction of sp³-hybridized carbons (Fsp3) is 0.118. The van der Waals surface area contributed by atoms with Gasteiger partial charge in [0.05, 0.1) is 17.3 Å². The van der Waals surface area contributed by atoms with E-state index in [-0.39, 0.29) is 5.38 Å². The van der Waals surface area contributed by atoms with Crippen molar-refractivity contribution in [2.24, 2.45) is 0 Å². The Kier molecular flexibility index (Phi) is 4.13. The Morgan fingerprint density at radius 3 is 2.62 bits per heavy atom. The highest BCUT2D eigenvalue weighted by molar-refractivity contribution is 9.10. The second-order valence-corrected chi connectivity index (χ2v) is 6.27. The molecule has 0 spiro atoms. The third-order valence-corrected chi connectivity index (χ3v) is 4.40. The number of para-hydroxylation sites is 1. The molecule has 106 valence electrons. The second kappa shape index (κ2) is 6.04. The minimum atomic E-state index is -0.199. The summed E-state index contributed by atoms with van der Waals surface area (Å²) in [4.78, 5) is 0. The summed E-state index contributed by atoms with van der Waals surface area (Å²) in [5.74, 6) is 0. The fourth-order valence-corrected chi connectivity index (χ4v) is 3.13. The monoisotopic (exact) mass is 360 g/mol. The van der Waals surface area contributed by atoms with E-state index >= 15 is 0 Å². The number of halogens is 2. The van der Waals surface area contributed by atoms with Crippen molar-refractivity contribution in [2.45, 2.75) is 12.3 Å². The van der Waals surface area contributed by atoms with Gasteiger partial charge in [0.2, 0.25) is 0 Å². The van der Waals surface area contributed by atoms with E-state index in [4.69, 9.17) is 11.6 Å². The molecule has 21 heavy (non-hydrogen) atoms. The number of nitrogens with zero attached hydrogens (tertiary/aromatic N) is 2. The van der Waals surface area contributed by atoms with Gasteiger partial charge in [0.25, 0.3) is 0 Å². The van der Waals surface area contributed by atoms with Gasteiger partial charge in [-0.2, -0.15) is 5.10 Å².